The van der Waals surface area contributed by atoms with Crippen LogP contribution in [0.25, 0.3) is 16.9 Å². The van der Waals surface area contributed by atoms with Crippen LogP contribution in [0.3, 0.4) is 0 Å². The van der Waals surface area contributed by atoms with Crippen LogP contribution < -0.4 is 5.32 Å². The van der Waals surface area contributed by atoms with Crippen molar-refractivity contribution in [2.45, 2.75) is 31.7 Å². The molecule has 2 fully saturated rings. The third kappa shape index (κ3) is 4.10. The van der Waals surface area contributed by atoms with Crippen LogP contribution in [0.4, 0.5) is 5.95 Å². The average Bonchev–Trinajstić information content (AvgIpc) is 3.58. The molecule has 32 heavy (non-hydrogen) atoms. The molecule has 8 heteroatoms. The third-order valence-corrected chi connectivity index (χ3v) is 6.38. The van der Waals surface area contributed by atoms with Crippen molar-refractivity contribution in [3.63, 3.8) is 0 Å². The highest BCUT2D eigenvalue weighted by Crippen LogP contribution is 2.30. The molecule has 5 rings (SSSR count). The van der Waals surface area contributed by atoms with Crippen LogP contribution in [0.5, 0.6) is 0 Å². The molecule has 1 saturated heterocycles. The van der Waals surface area contributed by atoms with Crippen molar-refractivity contribution in [1.29, 1.82) is 0 Å². The van der Waals surface area contributed by atoms with E-state index in [0.29, 0.717) is 23.2 Å². The van der Waals surface area contributed by atoms with Gasteiger partial charge in [0.15, 0.2) is 5.65 Å². The number of benzene rings is 1. The number of nitrogens with zero attached hydrogens (tertiary/aromatic N) is 5. The zero-order valence-corrected chi connectivity index (χ0v) is 18.5. The molecule has 0 bridgehead atoms. The SMILES string of the molecule is CN(C)C1CCCN(C(=O)c2ccc(-c3cccc4nc(NC(=O)C5CC5)nn34)cc2)C1. The van der Waals surface area contributed by atoms with Gasteiger partial charge in [-0.3, -0.25) is 14.9 Å². The lowest BCUT2D eigenvalue weighted by Crippen LogP contribution is -2.47. The van der Waals surface area contributed by atoms with Crippen LogP contribution in [0.15, 0.2) is 42.5 Å². The van der Waals surface area contributed by atoms with Crippen LogP contribution in [0.2, 0.25) is 0 Å². The van der Waals surface area contributed by atoms with Gasteiger partial charge < -0.3 is 9.80 Å². The molecule has 0 radical (unpaired) electrons. The monoisotopic (exact) mass is 432 g/mol. The standard InChI is InChI=1S/C24H28N6O2/c1-28(2)19-5-4-14-29(15-19)23(32)18-12-8-16(9-13-18)20-6-3-7-21-25-24(27-30(20)21)26-22(31)17-10-11-17/h3,6-9,12-13,17,19H,4-5,10-11,14-15H2,1-2H3,(H,26,27,31). The summed E-state index contributed by atoms with van der Waals surface area (Å²) in [7, 11) is 4.14. The lowest BCUT2D eigenvalue weighted by atomic mass is 10.0. The van der Waals surface area contributed by atoms with E-state index in [0.717, 1.165) is 50.0 Å². The number of rotatable bonds is 5. The van der Waals surface area contributed by atoms with E-state index in [-0.39, 0.29) is 17.7 Å². The highest BCUT2D eigenvalue weighted by atomic mass is 16.2. The summed E-state index contributed by atoms with van der Waals surface area (Å²) in [4.78, 5) is 33.7. The largest absolute Gasteiger partial charge is 0.337 e. The summed E-state index contributed by atoms with van der Waals surface area (Å²) in [5.41, 5.74) is 3.14. The molecule has 1 atom stereocenters. The van der Waals surface area contributed by atoms with Gasteiger partial charge in [-0.2, -0.15) is 4.98 Å². The van der Waals surface area contributed by atoms with Gasteiger partial charge in [-0.05, 0) is 64.0 Å². The first-order valence-corrected chi connectivity index (χ1v) is 11.2. The number of piperidine rings is 1. The summed E-state index contributed by atoms with van der Waals surface area (Å²) in [6.07, 6.45) is 4.02. The molecule has 2 aliphatic rings. The third-order valence-electron chi connectivity index (χ3n) is 6.38. The number of nitrogens with one attached hydrogen (secondary N) is 1. The van der Waals surface area contributed by atoms with Crippen molar-refractivity contribution < 1.29 is 9.59 Å². The molecule has 2 aromatic heterocycles. The van der Waals surface area contributed by atoms with Crippen molar-refractivity contribution in [2.75, 3.05) is 32.5 Å². The summed E-state index contributed by atoms with van der Waals surface area (Å²) in [6.45, 7) is 1.57. The van der Waals surface area contributed by atoms with Gasteiger partial charge in [-0.15, -0.1) is 5.10 Å². The van der Waals surface area contributed by atoms with Crippen LogP contribution in [0.1, 0.15) is 36.0 Å². The van der Waals surface area contributed by atoms with Gasteiger partial charge in [0.25, 0.3) is 5.91 Å². The van der Waals surface area contributed by atoms with Crippen molar-refractivity contribution in [3.05, 3.63) is 48.0 Å². The van der Waals surface area contributed by atoms with Crippen molar-refractivity contribution in [1.82, 2.24) is 24.4 Å². The predicted octanol–water partition coefficient (Wildman–Crippen LogP) is 2.91. The molecule has 3 heterocycles. The van der Waals surface area contributed by atoms with Gasteiger partial charge in [-0.1, -0.05) is 18.2 Å². The molecular weight excluding hydrogens is 404 g/mol. The van der Waals surface area contributed by atoms with Gasteiger partial charge in [0.2, 0.25) is 11.9 Å². The highest BCUT2D eigenvalue weighted by Gasteiger charge is 2.30. The molecule has 3 aromatic rings. The Morgan fingerprint density at radius 3 is 2.56 bits per heavy atom. The minimum absolute atomic E-state index is 0.0143. The van der Waals surface area contributed by atoms with Crippen LogP contribution in [0, 0.1) is 5.92 Å². The normalized spacial score (nSPS) is 18.8. The first-order chi connectivity index (χ1) is 15.5. The maximum atomic E-state index is 13.0. The second-order valence-electron chi connectivity index (χ2n) is 8.97. The van der Waals surface area contributed by atoms with Gasteiger partial charge in [-0.25, -0.2) is 4.52 Å². The van der Waals surface area contributed by atoms with E-state index in [2.05, 4.69) is 34.4 Å². The number of pyridine rings is 1. The van der Waals surface area contributed by atoms with E-state index < -0.39 is 0 Å². The van der Waals surface area contributed by atoms with E-state index in [9.17, 15) is 9.59 Å². The summed E-state index contributed by atoms with van der Waals surface area (Å²) in [5.74, 6) is 0.479. The Morgan fingerprint density at radius 1 is 1.06 bits per heavy atom. The van der Waals surface area contributed by atoms with Gasteiger partial charge in [0.1, 0.15) is 0 Å². The van der Waals surface area contributed by atoms with Gasteiger partial charge >= 0.3 is 0 Å². The van der Waals surface area contributed by atoms with E-state index in [1.807, 2.05) is 47.4 Å². The molecule has 8 nitrogen and oxygen atoms in total. The minimum atomic E-state index is -0.0143. The summed E-state index contributed by atoms with van der Waals surface area (Å²) in [6, 6.07) is 13.8. The smallest absolute Gasteiger partial charge is 0.253 e. The Bertz CT molecular complexity index is 1150. The van der Waals surface area contributed by atoms with E-state index in [1.54, 1.807) is 4.52 Å². The molecule has 2 amide bonds. The lowest BCUT2D eigenvalue weighted by Gasteiger charge is -2.36. The fraction of sp³-hybridized carbons (Fsp3) is 0.417. The Labute approximate surface area is 187 Å². The number of hydrogen-bond acceptors (Lipinski definition) is 5. The number of fused-ring (bicyclic) bond motifs is 1. The second-order valence-corrected chi connectivity index (χ2v) is 8.97. The molecule has 0 spiro atoms. The topological polar surface area (TPSA) is 82.8 Å². The number of aromatic nitrogens is 3. The number of carbonyl (C=O) groups excluding carboxylic acids is 2. The van der Waals surface area contributed by atoms with Crippen molar-refractivity contribution in [2.24, 2.45) is 5.92 Å². The molecule has 1 unspecified atom stereocenters. The van der Waals surface area contributed by atoms with E-state index in [4.69, 9.17) is 0 Å². The average molecular weight is 433 g/mol. The predicted molar refractivity (Wildman–Crippen MR) is 122 cm³/mol. The summed E-state index contributed by atoms with van der Waals surface area (Å²) in [5, 5.41) is 7.30. The molecule has 166 valence electrons. The molecule has 1 aliphatic carbocycles. The Kier molecular flexibility index (Phi) is 5.38. The Morgan fingerprint density at radius 2 is 1.84 bits per heavy atom. The maximum absolute atomic E-state index is 13.0. The van der Waals surface area contributed by atoms with Gasteiger partial charge in [0, 0.05) is 36.2 Å². The summed E-state index contributed by atoms with van der Waals surface area (Å²) >= 11 is 0. The quantitative estimate of drug-likeness (QED) is 0.670. The number of likely N-dealkylation sites (tertiary alicyclic amines) is 1. The first kappa shape index (κ1) is 20.6. The second kappa shape index (κ2) is 8.35. The Hall–Kier alpha value is -3.26. The zero-order valence-electron chi connectivity index (χ0n) is 18.5. The Balaban J connectivity index is 1.36. The summed E-state index contributed by atoms with van der Waals surface area (Å²) < 4.78 is 1.73. The molecule has 1 saturated carbocycles. The molecule has 1 aliphatic heterocycles. The number of carbonyl (C=O) groups is 2. The number of anilines is 1. The molecular formula is C24H28N6O2. The van der Waals surface area contributed by atoms with Gasteiger partial charge in [0.05, 0.1) is 5.69 Å². The van der Waals surface area contributed by atoms with Crippen molar-refractivity contribution in [3.8, 4) is 11.3 Å². The fourth-order valence-corrected chi connectivity index (χ4v) is 4.26. The maximum Gasteiger partial charge on any atom is 0.253 e. The lowest BCUT2D eigenvalue weighted by molar-refractivity contribution is -0.117. The first-order valence-electron chi connectivity index (χ1n) is 11.2. The number of hydrogen-bond donors (Lipinski definition) is 1. The molecule has 1 N–H and O–H groups in total. The van der Waals surface area contributed by atoms with Crippen LogP contribution in [-0.4, -0.2) is 69.4 Å². The number of likely N-dealkylation sites (N-methyl/N-ethyl adjacent to an activating group) is 1. The van der Waals surface area contributed by atoms with Crippen molar-refractivity contribution >= 4 is 23.4 Å². The van der Waals surface area contributed by atoms with E-state index >= 15 is 0 Å². The minimum Gasteiger partial charge on any atom is -0.337 e. The zero-order chi connectivity index (χ0) is 22.2. The number of amides is 2. The highest BCUT2D eigenvalue weighted by molar-refractivity contribution is 5.95. The molecule has 1 aromatic carbocycles. The van der Waals surface area contributed by atoms with E-state index in [1.165, 1.54) is 0 Å². The fourth-order valence-electron chi connectivity index (χ4n) is 4.26. The van der Waals surface area contributed by atoms with Crippen LogP contribution >= 0.6 is 0 Å². The van der Waals surface area contributed by atoms with Crippen LogP contribution in [-0.2, 0) is 4.79 Å².